The number of aromatic nitrogens is 2. The summed E-state index contributed by atoms with van der Waals surface area (Å²) in [5.41, 5.74) is 1.29. The average Bonchev–Trinajstić information content (AvgIpc) is 3.15. The van der Waals surface area contributed by atoms with Crippen LogP contribution in [0, 0.1) is 0 Å². The quantitative estimate of drug-likeness (QED) is 0.659. The maximum atomic E-state index is 12.1. The molecule has 3 rings (SSSR count). The highest BCUT2D eigenvalue weighted by Crippen LogP contribution is 2.29. The highest BCUT2D eigenvalue weighted by Gasteiger charge is 2.14. The maximum absolute atomic E-state index is 12.1. The van der Waals surface area contributed by atoms with E-state index in [1.807, 2.05) is 24.3 Å². The number of carbonyl (C=O) groups excluding carboxylic acids is 1. The van der Waals surface area contributed by atoms with Crippen molar-refractivity contribution in [3.8, 4) is 23.0 Å². The monoisotopic (exact) mass is 387 g/mol. The van der Waals surface area contributed by atoms with E-state index in [-0.39, 0.29) is 12.3 Å². The molecule has 27 heavy (non-hydrogen) atoms. The molecule has 0 unspecified atom stereocenters. The molecule has 2 aromatic carbocycles. The SMILES string of the molecule is COc1ccc(NC(=O)CCc2nnc(-c3ccccc3OC)o2)cc1Cl. The standard InChI is InChI=1S/C19H18ClN3O4/c1-25-15-6-4-3-5-13(15)19-23-22-18(27-19)10-9-17(24)21-12-7-8-16(26-2)14(20)11-12/h3-8,11H,9-10H2,1-2H3,(H,21,24). The minimum absolute atomic E-state index is 0.187. The predicted molar refractivity (Wildman–Crippen MR) is 101 cm³/mol. The summed E-state index contributed by atoms with van der Waals surface area (Å²) in [6.07, 6.45) is 0.509. The summed E-state index contributed by atoms with van der Waals surface area (Å²) in [6, 6.07) is 12.4. The van der Waals surface area contributed by atoms with E-state index in [2.05, 4.69) is 15.5 Å². The number of methoxy groups -OCH3 is 2. The Bertz CT molecular complexity index is 942. The summed E-state index contributed by atoms with van der Waals surface area (Å²) in [5.74, 6) is 1.73. The van der Waals surface area contributed by atoms with Gasteiger partial charge in [-0.15, -0.1) is 10.2 Å². The highest BCUT2D eigenvalue weighted by molar-refractivity contribution is 6.32. The van der Waals surface area contributed by atoms with E-state index in [9.17, 15) is 4.79 Å². The molecule has 3 aromatic rings. The van der Waals surface area contributed by atoms with Gasteiger partial charge in [-0.3, -0.25) is 4.79 Å². The lowest BCUT2D eigenvalue weighted by molar-refractivity contribution is -0.116. The van der Waals surface area contributed by atoms with Crippen LogP contribution in [0.25, 0.3) is 11.5 Å². The Balaban J connectivity index is 1.60. The lowest BCUT2D eigenvalue weighted by Crippen LogP contribution is -2.12. The third kappa shape index (κ3) is 4.57. The van der Waals surface area contributed by atoms with Gasteiger partial charge in [-0.25, -0.2) is 0 Å². The van der Waals surface area contributed by atoms with Crippen LogP contribution in [0.4, 0.5) is 5.69 Å². The zero-order chi connectivity index (χ0) is 19.2. The number of nitrogens with zero attached hydrogens (tertiary/aromatic N) is 2. The number of aryl methyl sites for hydroxylation is 1. The molecule has 1 amide bonds. The summed E-state index contributed by atoms with van der Waals surface area (Å²) in [4.78, 5) is 12.1. The number of ether oxygens (including phenoxy) is 2. The molecule has 0 fully saturated rings. The normalized spacial score (nSPS) is 10.5. The molecule has 0 atom stereocenters. The van der Waals surface area contributed by atoms with E-state index in [1.54, 1.807) is 25.3 Å². The van der Waals surface area contributed by atoms with Crippen LogP contribution in [-0.4, -0.2) is 30.3 Å². The molecule has 0 aliphatic carbocycles. The number of nitrogens with one attached hydrogen (secondary N) is 1. The number of hydrogen-bond acceptors (Lipinski definition) is 6. The zero-order valence-corrected chi connectivity index (χ0v) is 15.6. The number of para-hydroxylation sites is 1. The van der Waals surface area contributed by atoms with Gasteiger partial charge in [-0.05, 0) is 30.3 Å². The number of amides is 1. The molecule has 7 nitrogen and oxygen atoms in total. The molecule has 0 spiro atoms. The third-order valence-electron chi connectivity index (χ3n) is 3.81. The van der Waals surface area contributed by atoms with E-state index >= 15 is 0 Å². The van der Waals surface area contributed by atoms with Crippen LogP contribution in [0.3, 0.4) is 0 Å². The molecule has 0 saturated carbocycles. The summed E-state index contributed by atoms with van der Waals surface area (Å²) < 4.78 is 16.0. The van der Waals surface area contributed by atoms with Crippen molar-refractivity contribution in [3.63, 3.8) is 0 Å². The molecule has 0 aliphatic rings. The van der Waals surface area contributed by atoms with Crippen LogP contribution in [0.15, 0.2) is 46.9 Å². The second-order valence-electron chi connectivity index (χ2n) is 5.60. The second kappa shape index (κ2) is 8.55. The molecule has 1 aromatic heterocycles. The summed E-state index contributed by atoms with van der Waals surface area (Å²) in [6.45, 7) is 0. The van der Waals surface area contributed by atoms with Crippen molar-refractivity contribution in [1.82, 2.24) is 10.2 Å². The van der Waals surface area contributed by atoms with Crippen molar-refractivity contribution in [2.75, 3.05) is 19.5 Å². The largest absolute Gasteiger partial charge is 0.496 e. The Morgan fingerprint density at radius 3 is 2.63 bits per heavy atom. The molecular formula is C19H18ClN3O4. The van der Waals surface area contributed by atoms with Crippen molar-refractivity contribution in [1.29, 1.82) is 0 Å². The minimum Gasteiger partial charge on any atom is -0.496 e. The molecule has 140 valence electrons. The van der Waals surface area contributed by atoms with Gasteiger partial charge in [0.25, 0.3) is 5.89 Å². The van der Waals surface area contributed by atoms with E-state index in [4.69, 9.17) is 25.5 Å². The number of carbonyl (C=O) groups is 1. The number of halogens is 1. The number of benzene rings is 2. The second-order valence-corrected chi connectivity index (χ2v) is 6.01. The van der Waals surface area contributed by atoms with Gasteiger partial charge in [0.05, 0.1) is 24.8 Å². The smallest absolute Gasteiger partial charge is 0.251 e. The van der Waals surface area contributed by atoms with Gasteiger partial charge >= 0.3 is 0 Å². The highest BCUT2D eigenvalue weighted by atomic mass is 35.5. The van der Waals surface area contributed by atoms with Gasteiger partial charge in [-0.2, -0.15) is 0 Å². The maximum Gasteiger partial charge on any atom is 0.251 e. The van der Waals surface area contributed by atoms with Crippen molar-refractivity contribution < 1.29 is 18.7 Å². The fourth-order valence-corrected chi connectivity index (χ4v) is 2.73. The van der Waals surface area contributed by atoms with Crippen LogP contribution in [0.2, 0.25) is 5.02 Å². The van der Waals surface area contributed by atoms with E-state index < -0.39 is 0 Å². The minimum atomic E-state index is -0.187. The predicted octanol–water partition coefficient (Wildman–Crippen LogP) is 3.98. The topological polar surface area (TPSA) is 86.5 Å². The Labute approximate surface area is 161 Å². The summed E-state index contributed by atoms with van der Waals surface area (Å²) >= 11 is 6.05. The van der Waals surface area contributed by atoms with Gasteiger partial charge in [0, 0.05) is 18.5 Å². The summed E-state index contributed by atoms with van der Waals surface area (Å²) in [5, 5.41) is 11.2. The van der Waals surface area contributed by atoms with Crippen molar-refractivity contribution in [3.05, 3.63) is 53.4 Å². The number of rotatable bonds is 7. The summed E-state index contributed by atoms with van der Waals surface area (Å²) in [7, 11) is 3.11. The molecule has 0 radical (unpaired) electrons. The fourth-order valence-electron chi connectivity index (χ4n) is 2.47. The first-order valence-electron chi connectivity index (χ1n) is 8.20. The molecule has 1 heterocycles. The molecular weight excluding hydrogens is 370 g/mol. The molecule has 1 N–H and O–H groups in total. The van der Waals surface area contributed by atoms with Crippen LogP contribution < -0.4 is 14.8 Å². The Morgan fingerprint density at radius 2 is 1.89 bits per heavy atom. The Morgan fingerprint density at radius 1 is 1.11 bits per heavy atom. The molecule has 0 bridgehead atoms. The van der Waals surface area contributed by atoms with Crippen molar-refractivity contribution >= 4 is 23.2 Å². The lowest BCUT2D eigenvalue weighted by Gasteiger charge is -2.07. The van der Waals surface area contributed by atoms with Gasteiger partial charge in [0.2, 0.25) is 11.8 Å². The lowest BCUT2D eigenvalue weighted by atomic mass is 10.2. The van der Waals surface area contributed by atoms with Crippen molar-refractivity contribution in [2.24, 2.45) is 0 Å². The van der Waals surface area contributed by atoms with Crippen LogP contribution in [0.1, 0.15) is 12.3 Å². The van der Waals surface area contributed by atoms with E-state index in [1.165, 1.54) is 7.11 Å². The molecule has 0 aliphatic heterocycles. The van der Waals surface area contributed by atoms with E-state index in [0.29, 0.717) is 46.0 Å². The number of hydrogen-bond donors (Lipinski definition) is 1. The third-order valence-corrected chi connectivity index (χ3v) is 4.10. The Hall–Kier alpha value is -3.06. The molecule has 8 heteroatoms. The van der Waals surface area contributed by atoms with Crippen LogP contribution in [0.5, 0.6) is 11.5 Å². The first-order chi connectivity index (χ1) is 13.1. The first-order valence-corrected chi connectivity index (χ1v) is 8.57. The van der Waals surface area contributed by atoms with Crippen LogP contribution >= 0.6 is 11.6 Å². The van der Waals surface area contributed by atoms with Gasteiger partial charge < -0.3 is 19.2 Å². The fraction of sp³-hybridized carbons (Fsp3) is 0.211. The first kappa shape index (κ1) is 18.7. The van der Waals surface area contributed by atoms with Crippen molar-refractivity contribution in [2.45, 2.75) is 12.8 Å². The zero-order valence-electron chi connectivity index (χ0n) is 14.9. The average molecular weight is 388 g/mol. The van der Waals surface area contributed by atoms with Gasteiger partial charge in [-0.1, -0.05) is 23.7 Å². The van der Waals surface area contributed by atoms with E-state index in [0.717, 1.165) is 0 Å². The Kier molecular flexibility index (Phi) is 5.93. The van der Waals surface area contributed by atoms with Gasteiger partial charge in [0.1, 0.15) is 11.5 Å². The van der Waals surface area contributed by atoms with Gasteiger partial charge in [0.15, 0.2) is 0 Å². The van der Waals surface area contributed by atoms with Crippen LogP contribution in [-0.2, 0) is 11.2 Å². The molecule has 0 saturated heterocycles. The number of anilines is 1.